The highest BCUT2D eigenvalue weighted by molar-refractivity contribution is 6.36. The van der Waals surface area contributed by atoms with Crippen LogP contribution in [0.1, 0.15) is 36.3 Å². The zero-order chi connectivity index (χ0) is 13.3. The number of rotatable bonds is 1. The summed E-state index contributed by atoms with van der Waals surface area (Å²) in [4.78, 5) is 23.8. The van der Waals surface area contributed by atoms with Crippen LogP contribution in [-0.2, 0) is 9.59 Å². The SMILES string of the molecule is N#Cc1cc(Cl)cc(Cl)c1C1C(=O)CCCC1=O. The fourth-order valence-electron chi connectivity index (χ4n) is 2.20. The Labute approximate surface area is 114 Å². The summed E-state index contributed by atoms with van der Waals surface area (Å²) in [6.45, 7) is 0. The lowest BCUT2D eigenvalue weighted by molar-refractivity contribution is -0.131. The quantitative estimate of drug-likeness (QED) is 0.743. The number of nitrogens with zero attached hydrogens (tertiary/aromatic N) is 1. The van der Waals surface area contributed by atoms with E-state index in [0.29, 0.717) is 29.8 Å². The summed E-state index contributed by atoms with van der Waals surface area (Å²) in [6, 6.07) is 4.82. The van der Waals surface area contributed by atoms with Crippen LogP contribution < -0.4 is 0 Å². The number of hydrogen-bond acceptors (Lipinski definition) is 3. The van der Waals surface area contributed by atoms with Gasteiger partial charge < -0.3 is 0 Å². The van der Waals surface area contributed by atoms with Crippen LogP contribution in [0.15, 0.2) is 12.1 Å². The molecule has 0 radical (unpaired) electrons. The Morgan fingerprint density at radius 2 is 1.78 bits per heavy atom. The average Bonchev–Trinajstić information content (AvgIpc) is 2.30. The van der Waals surface area contributed by atoms with Crippen LogP contribution in [-0.4, -0.2) is 11.6 Å². The number of Topliss-reactive ketones (excluding diaryl/α,β-unsaturated/α-hetero) is 2. The van der Waals surface area contributed by atoms with Crippen LogP contribution in [0.2, 0.25) is 10.0 Å². The van der Waals surface area contributed by atoms with Gasteiger partial charge in [0.15, 0.2) is 0 Å². The second-order valence-electron chi connectivity index (χ2n) is 4.18. The molecule has 0 saturated heterocycles. The molecule has 0 aromatic heterocycles. The second kappa shape index (κ2) is 5.09. The van der Waals surface area contributed by atoms with Crippen molar-refractivity contribution in [3.05, 3.63) is 33.3 Å². The smallest absolute Gasteiger partial charge is 0.147 e. The third-order valence-electron chi connectivity index (χ3n) is 2.99. The Bertz CT molecular complexity index is 559. The molecule has 0 atom stereocenters. The van der Waals surface area contributed by atoms with Crippen LogP contribution in [0.25, 0.3) is 0 Å². The van der Waals surface area contributed by atoms with E-state index >= 15 is 0 Å². The van der Waals surface area contributed by atoms with E-state index in [1.807, 2.05) is 6.07 Å². The van der Waals surface area contributed by atoms with E-state index in [0.717, 1.165) is 0 Å². The van der Waals surface area contributed by atoms with Gasteiger partial charge in [-0.25, -0.2) is 0 Å². The van der Waals surface area contributed by atoms with Crippen LogP contribution in [0, 0.1) is 11.3 Å². The van der Waals surface area contributed by atoms with E-state index in [2.05, 4.69) is 0 Å². The maximum Gasteiger partial charge on any atom is 0.147 e. The monoisotopic (exact) mass is 281 g/mol. The van der Waals surface area contributed by atoms with Crippen LogP contribution >= 0.6 is 23.2 Å². The van der Waals surface area contributed by atoms with Gasteiger partial charge in [0.2, 0.25) is 0 Å². The molecule has 0 spiro atoms. The van der Waals surface area contributed by atoms with E-state index < -0.39 is 5.92 Å². The van der Waals surface area contributed by atoms with Gasteiger partial charge in [-0.3, -0.25) is 9.59 Å². The Kier molecular flexibility index (Phi) is 3.70. The summed E-state index contributed by atoms with van der Waals surface area (Å²) >= 11 is 11.8. The van der Waals surface area contributed by atoms with Crippen molar-refractivity contribution in [3.63, 3.8) is 0 Å². The summed E-state index contributed by atoms with van der Waals surface area (Å²) in [6.07, 6.45) is 1.27. The number of hydrogen-bond donors (Lipinski definition) is 0. The number of carbonyl (C=O) groups is 2. The fraction of sp³-hybridized carbons (Fsp3) is 0.308. The van der Waals surface area contributed by atoms with Crippen molar-refractivity contribution in [2.45, 2.75) is 25.2 Å². The molecular formula is C13H9Cl2NO2. The fourth-order valence-corrected chi connectivity index (χ4v) is 2.80. The zero-order valence-corrected chi connectivity index (χ0v) is 10.9. The lowest BCUT2D eigenvalue weighted by atomic mass is 9.80. The molecule has 1 saturated carbocycles. The minimum Gasteiger partial charge on any atom is -0.299 e. The summed E-state index contributed by atoms with van der Waals surface area (Å²) < 4.78 is 0. The van der Waals surface area contributed by atoms with Gasteiger partial charge in [-0.2, -0.15) is 5.26 Å². The highest BCUT2D eigenvalue weighted by Crippen LogP contribution is 2.35. The number of ketones is 2. The predicted octanol–water partition coefficient (Wildman–Crippen LogP) is 3.27. The first kappa shape index (κ1) is 13.1. The highest BCUT2D eigenvalue weighted by Gasteiger charge is 2.34. The number of carbonyl (C=O) groups excluding carboxylic acids is 2. The van der Waals surface area contributed by atoms with Gasteiger partial charge in [-0.15, -0.1) is 0 Å². The van der Waals surface area contributed by atoms with Gasteiger partial charge in [0.05, 0.1) is 11.6 Å². The van der Waals surface area contributed by atoms with Crippen LogP contribution in [0.3, 0.4) is 0 Å². The van der Waals surface area contributed by atoms with Crippen LogP contribution in [0.4, 0.5) is 0 Å². The van der Waals surface area contributed by atoms with Gasteiger partial charge in [-0.1, -0.05) is 23.2 Å². The summed E-state index contributed by atoms with van der Waals surface area (Å²) in [7, 11) is 0. The summed E-state index contributed by atoms with van der Waals surface area (Å²) in [5.74, 6) is -1.25. The topological polar surface area (TPSA) is 57.9 Å². The highest BCUT2D eigenvalue weighted by atomic mass is 35.5. The zero-order valence-electron chi connectivity index (χ0n) is 9.37. The molecule has 0 unspecified atom stereocenters. The average molecular weight is 282 g/mol. The molecule has 1 aliphatic carbocycles. The maximum atomic E-state index is 11.9. The molecular weight excluding hydrogens is 273 g/mol. The standard InChI is InChI=1S/C13H9Cl2NO2/c14-8-4-7(6-16)12(9(15)5-8)13-10(17)2-1-3-11(13)18/h4-5,13H,1-3H2. The Balaban J connectivity index is 2.60. The molecule has 0 heterocycles. The predicted molar refractivity (Wildman–Crippen MR) is 67.8 cm³/mol. The van der Waals surface area contributed by atoms with Crippen molar-refractivity contribution in [2.24, 2.45) is 0 Å². The van der Waals surface area contributed by atoms with Gasteiger partial charge in [0.1, 0.15) is 17.5 Å². The third-order valence-corrected chi connectivity index (χ3v) is 3.52. The van der Waals surface area contributed by atoms with Crippen molar-refractivity contribution in [1.29, 1.82) is 5.26 Å². The normalized spacial score (nSPS) is 16.7. The largest absolute Gasteiger partial charge is 0.299 e. The maximum absolute atomic E-state index is 11.9. The lowest BCUT2D eigenvalue weighted by Gasteiger charge is -2.21. The molecule has 1 aliphatic rings. The van der Waals surface area contributed by atoms with E-state index in [4.69, 9.17) is 28.5 Å². The minimum absolute atomic E-state index is 0.174. The first-order valence-electron chi connectivity index (χ1n) is 5.49. The molecule has 0 aliphatic heterocycles. The molecule has 1 aromatic carbocycles. The number of benzene rings is 1. The van der Waals surface area contributed by atoms with Crippen molar-refractivity contribution < 1.29 is 9.59 Å². The molecule has 1 fully saturated rings. The number of halogens is 2. The molecule has 0 N–H and O–H groups in total. The molecule has 0 bridgehead atoms. The third kappa shape index (κ3) is 2.27. The first-order valence-corrected chi connectivity index (χ1v) is 6.24. The lowest BCUT2D eigenvalue weighted by Crippen LogP contribution is -2.27. The summed E-state index contributed by atoms with van der Waals surface area (Å²) in [5, 5.41) is 9.60. The van der Waals surface area contributed by atoms with Crippen molar-refractivity contribution >= 4 is 34.8 Å². The molecule has 0 amide bonds. The minimum atomic E-state index is -0.904. The Hall–Kier alpha value is -1.37. The summed E-state index contributed by atoms with van der Waals surface area (Å²) in [5.41, 5.74) is 0.499. The van der Waals surface area contributed by atoms with Crippen molar-refractivity contribution in [1.82, 2.24) is 0 Å². The Morgan fingerprint density at radius 3 is 2.33 bits per heavy atom. The molecule has 1 aromatic rings. The number of nitriles is 1. The second-order valence-corrected chi connectivity index (χ2v) is 5.02. The Morgan fingerprint density at radius 1 is 1.17 bits per heavy atom. The molecule has 5 heteroatoms. The van der Waals surface area contributed by atoms with Crippen molar-refractivity contribution in [2.75, 3.05) is 0 Å². The van der Waals surface area contributed by atoms with Gasteiger partial charge >= 0.3 is 0 Å². The van der Waals surface area contributed by atoms with E-state index in [1.54, 1.807) is 0 Å². The van der Waals surface area contributed by atoms with Crippen molar-refractivity contribution in [3.8, 4) is 6.07 Å². The van der Waals surface area contributed by atoms with Gasteiger partial charge in [-0.05, 0) is 18.6 Å². The van der Waals surface area contributed by atoms with E-state index in [1.165, 1.54) is 12.1 Å². The van der Waals surface area contributed by atoms with Crippen LogP contribution in [0.5, 0.6) is 0 Å². The first-order chi connectivity index (χ1) is 8.54. The van der Waals surface area contributed by atoms with E-state index in [9.17, 15) is 9.59 Å². The molecule has 92 valence electrons. The van der Waals surface area contributed by atoms with Gasteiger partial charge in [0.25, 0.3) is 0 Å². The van der Waals surface area contributed by atoms with E-state index in [-0.39, 0.29) is 22.2 Å². The molecule has 2 rings (SSSR count). The molecule has 18 heavy (non-hydrogen) atoms. The van der Waals surface area contributed by atoms with Gasteiger partial charge in [0, 0.05) is 28.5 Å². The molecule has 3 nitrogen and oxygen atoms in total.